The molecular weight excluding hydrogens is 385 g/mol. The van der Waals surface area contributed by atoms with Crippen LogP contribution in [-0.2, 0) is 14.3 Å². The zero-order valence-corrected chi connectivity index (χ0v) is 16.4. The van der Waals surface area contributed by atoms with E-state index < -0.39 is 17.4 Å². The van der Waals surface area contributed by atoms with Crippen molar-refractivity contribution in [2.45, 2.75) is 26.4 Å². The molecule has 1 N–H and O–H groups in total. The highest BCUT2D eigenvalue weighted by molar-refractivity contribution is 6.36. The van der Waals surface area contributed by atoms with Crippen LogP contribution in [0.3, 0.4) is 0 Å². The second kappa shape index (κ2) is 7.64. The fourth-order valence-electron chi connectivity index (χ4n) is 2.81. The molecule has 7 heteroatoms. The number of esters is 1. The number of carbonyl (C=O) groups is 2. The lowest BCUT2D eigenvalue weighted by atomic mass is 10.0. The van der Waals surface area contributed by atoms with E-state index in [1.54, 1.807) is 39.0 Å². The molecule has 1 heterocycles. The largest absolute Gasteiger partial charge is 0.476 e. The van der Waals surface area contributed by atoms with Gasteiger partial charge in [0.2, 0.25) is 0 Å². The quantitative estimate of drug-likeness (QED) is 0.581. The minimum Gasteiger partial charge on any atom is -0.476 e. The van der Waals surface area contributed by atoms with Crippen LogP contribution in [0.25, 0.3) is 11.6 Å². The molecule has 0 saturated carbocycles. The van der Waals surface area contributed by atoms with Gasteiger partial charge < -0.3 is 14.8 Å². The number of amides is 1. The molecule has 0 unspecified atom stereocenters. The third kappa shape index (κ3) is 4.02. The Morgan fingerprint density at radius 1 is 1.25 bits per heavy atom. The minimum atomic E-state index is -1.29. The molecule has 28 heavy (non-hydrogen) atoms. The van der Waals surface area contributed by atoms with Gasteiger partial charge in [0.05, 0.1) is 12.3 Å². The smallest absolute Gasteiger partial charge is 0.349 e. The molecule has 1 aliphatic heterocycles. The van der Waals surface area contributed by atoms with E-state index in [-0.39, 0.29) is 18.3 Å². The predicted octanol–water partition coefficient (Wildman–Crippen LogP) is 4.69. The molecule has 0 radical (unpaired) electrons. The van der Waals surface area contributed by atoms with Gasteiger partial charge in [0.15, 0.2) is 5.60 Å². The van der Waals surface area contributed by atoms with E-state index in [1.807, 2.05) is 0 Å². The summed E-state index contributed by atoms with van der Waals surface area (Å²) in [6.45, 7) is 5.03. The van der Waals surface area contributed by atoms with Crippen LogP contribution >= 0.6 is 11.6 Å². The molecule has 0 fully saturated rings. The summed E-state index contributed by atoms with van der Waals surface area (Å²) in [5.74, 6) is -1.13. The first kappa shape index (κ1) is 19.9. The Labute approximate surface area is 167 Å². The molecule has 0 aromatic heterocycles. The van der Waals surface area contributed by atoms with Crippen LogP contribution in [0, 0.1) is 5.82 Å². The molecule has 2 aromatic rings. The molecule has 0 saturated heterocycles. The molecule has 1 amide bonds. The van der Waals surface area contributed by atoms with Crippen molar-refractivity contribution in [2.24, 2.45) is 0 Å². The van der Waals surface area contributed by atoms with Crippen LogP contribution in [0.5, 0.6) is 5.75 Å². The summed E-state index contributed by atoms with van der Waals surface area (Å²) in [6, 6.07) is 8.90. The van der Waals surface area contributed by atoms with Gasteiger partial charge in [0.1, 0.15) is 11.6 Å². The summed E-state index contributed by atoms with van der Waals surface area (Å²) in [5, 5.41) is 3.22. The number of hydrogen-bond donors (Lipinski definition) is 1. The number of halogens is 2. The molecule has 2 aromatic carbocycles. The first-order valence-electron chi connectivity index (χ1n) is 8.70. The van der Waals surface area contributed by atoms with Gasteiger partial charge in [-0.3, -0.25) is 4.79 Å². The second-order valence-corrected chi connectivity index (χ2v) is 7.15. The molecule has 3 rings (SSSR count). The molecule has 146 valence electrons. The van der Waals surface area contributed by atoms with Crippen molar-refractivity contribution in [3.63, 3.8) is 0 Å². The van der Waals surface area contributed by atoms with Crippen molar-refractivity contribution in [3.8, 4) is 5.75 Å². The van der Waals surface area contributed by atoms with Crippen molar-refractivity contribution in [1.29, 1.82) is 0 Å². The van der Waals surface area contributed by atoms with Crippen LogP contribution < -0.4 is 10.1 Å². The Hall–Kier alpha value is -2.86. The Morgan fingerprint density at radius 3 is 2.71 bits per heavy atom. The summed E-state index contributed by atoms with van der Waals surface area (Å²) < 4.78 is 24.7. The first-order valence-corrected chi connectivity index (χ1v) is 9.08. The van der Waals surface area contributed by atoms with Gasteiger partial charge in [0.25, 0.3) is 5.91 Å². The fourth-order valence-corrected chi connectivity index (χ4v) is 2.98. The molecule has 0 aliphatic carbocycles. The van der Waals surface area contributed by atoms with E-state index in [1.165, 1.54) is 24.3 Å². The van der Waals surface area contributed by atoms with E-state index in [9.17, 15) is 14.0 Å². The normalized spacial score (nSPS) is 14.6. The van der Waals surface area contributed by atoms with Crippen LogP contribution in [-0.4, -0.2) is 24.1 Å². The van der Waals surface area contributed by atoms with Crippen molar-refractivity contribution < 1.29 is 23.5 Å². The Balaban J connectivity index is 2.02. The van der Waals surface area contributed by atoms with Gasteiger partial charge in [-0.25, -0.2) is 9.18 Å². The molecule has 0 spiro atoms. The van der Waals surface area contributed by atoms with E-state index in [0.29, 0.717) is 27.4 Å². The maximum Gasteiger partial charge on any atom is 0.349 e. The van der Waals surface area contributed by atoms with Crippen molar-refractivity contribution >= 4 is 40.8 Å². The van der Waals surface area contributed by atoms with E-state index in [2.05, 4.69) is 5.32 Å². The zero-order valence-electron chi connectivity index (χ0n) is 15.6. The van der Waals surface area contributed by atoms with Crippen LogP contribution in [0.1, 0.15) is 31.9 Å². The number of carbonyl (C=O) groups excluding carboxylic acids is 2. The standard InChI is InChI=1S/C21H19ClFNO4/c1-4-27-20(26)21(2,3)28-18-8-6-14(23)9-12(18)10-16-15-7-5-13(22)11-17(15)24-19(16)25/h5-11H,4H2,1-3H3,(H,24,25). The average molecular weight is 404 g/mol. The number of fused-ring (bicyclic) bond motifs is 1. The Morgan fingerprint density at radius 2 is 2.00 bits per heavy atom. The Kier molecular flexibility index (Phi) is 5.42. The molecule has 5 nitrogen and oxygen atoms in total. The van der Waals surface area contributed by atoms with Crippen molar-refractivity contribution in [3.05, 3.63) is 58.4 Å². The highest BCUT2D eigenvalue weighted by Gasteiger charge is 2.32. The summed E-state index contributed by atoms with van der Waals surface area (Å²) >= 11 is 5.97. The maximum absolute atomic E-state index is 13.9. The van der Waals surface area contributed by atoms with Gasteiger partial charge in [-0.1, -0.05) is 17.7 Å². The van der Waals surface area contributed by atoms with E-state index in [0.717, 1.165) is 0 Å². The molecule has 1 aliphatic rings. The number of hydrogen-bond acceptors (Lipinski definition) is 4. The summed E-state index contributed by atoms with van der Waals surface area (Å²) in [7, 11) is 0. The number of ether oxygens (including phenoxy) is 2. The van der Waals surface area contributed by atoms with Crippen LogP contribution in [0.4, 0.5) is 10.1 Å². The van der Waals surface area contributed by atoms with Crippen molar-refractivity contribution in [2.75, 3.05) is 11.9 Å². The van der Waals surface area contributed by atoms with Gasteiger partial charge in [0, 0.05) is 21.7 Å². The van der Waals surface area contributed by atoms with E-state index in [4.69, 9.17) is 21.1 Å². The lowest BCUT2D eigenvalue weighted by Crippen LogP contribution is -2.39. The summed E-state index contributed by atoms with van der Waals surface area (Å²) in [5.41, 5.74) is 0.606. The third-order valence-corrected chi connectivity index (χ3v) is 4.40. The number of nitrogens with one attached hydrogen (secondary N) is 1. The van der Waals surface area contributed by atoms with Crippen LogP contribution in [0.2, 0.25) is 5.02 Å². The lowest BCUT2D eigenvalue weighted by molar-refractivity contribution is -0.158. The van der Waals surface area contributed by atoms with Gasteiger partial charge in [-0.05, 0) is 57.2 Å². The Bertz CT molecular complexity index is 984. The topological polar surface area (TPSA) is 64.6 Å². The number of benzene rings is 2. The monoisotopic (exact) mass is 403 g/mol. The van der Waals surface area contributed by atoms with Crippen molar-refractivity contribution in [1.82, 2.24) is 0 Å². The maximum atomic E-state index is 13.9. The molecular formula is C21H19ClFNO4. The molecule has 0 atom stereocenters. The summed E-state index contributed by atoms with van der Waals surface area (Å²) in [4.78, 5) is 24.5. The third-order valence-electron chi connectivity index (χ3n) is 4.17. The van der Waals surface area contributed by atoms with Gasteiger partial charge in [-0.2, -0.15) is 0 Å². The average Bonchev–Trinajstić information content (AvgIpc) is 2.92. The fraction of sp³-hybridized carbons (Fsp3) is 0.238. The first-order chi connectivity index (χ1) is 13.2. The minimum absolute atomic E-state index is 0.214. The number of rotatable bonds is 5. The highest BCUT2D eigenvalue weighted by Crippen LogP contribution is 2.36. The predicted molar refractivity (Wildman–Crippen MR) is 106 cm³/mol. The van der Waals surface area contributed by atoms with Gasteiger partial charge in [-0.15, -0.1) is 0 Å². The summed E-state index contributed by atoms with van der Waals surface area (Å²) in [6.07, 6.45) is 1.52. The lowest BCUT2D eigenvalue weighted by Gasteiger charge is -2.25. The van der Waals surface area contributed by atoms with E-state index >= 15 is 0 Å². The van der Waals surface area contributed by atoms with Gasteiger partial charge >= 0.3 is 5.97 Å². The number of anilines is 1. The molecule has 0 bridgehead atoms. The SMILES string of the molecule is CCOC(=O)C(C)(C)Oc1ccc(F)cc1C=C1C(=O)Nc2cc(Cl)ccc21. The van der Waals surface area contributed by atoms with Crippen LogP contribution in [0.15, 0.2) is 36.4 Å². The highest BCUT2D eigenvalue weighted by atomic mass is 35.5. The zero-order chi connectivity index (χ0) is 20.5. The second-order valence-electron chi connectivity index (χ2n) is 6.72.